The van der Waals surface area contributed by atoms with E-state index in [2.05, 4.69) is 15.2 Å². The van der Waals surface area contributed by atoms with E-state index in [0.717, 1.165) is 9.88 Å². The summed E-state index contributed by atoms with van der Waals surface area (Å²) in [5.41, 5.74) is 8.62. The van der Waals surface area contributed by atoms with E-state index in [1.807, 2.05) is 5.51 Å². The molecule has 1 aliphatic carbocycles. The molecule has 2 N–H and O–H groups in total. The van der Waals surface area contributed by atoms with E-state index in [9.17, 15) is 0 Å². The van der Waals surface area contributed by atoms with Crippen LogP contribution in [0.3, 0.4) is 0 Å². The van der Waals surface area contributed by atoms with Crippen LogP contribution in [-0.4, -0.2) is 15.2 Å². The molecule has 6 heteroatoms. The Hall–Kier alpha value is -1.01. The van der Waals surface area contributed by atoms with Gasteiger partial charge in [0.1, 0.15) is 0 Å². The molecule has 0 atom stereocenters. The summed E-state index contributed by atoms with van der Waals surface area (Å²) in [7, 11) is 0. The van der Waals surface area contributed by atoms with Crippen LogP contribution in [0.1, 0.15) is 24.5 Å². The monoisotopic (exact) mass is 224 g/mol. The van der Waals surface area contributed by atoms with Crippen LogP contribution in [0.25, 0.3) is 9.88 Å². The molecule has 0 radical (unpaired) electrons. The molecule has 2 aromatic rings. The van der Waals surface area contributed by atoms with Gasteiger partial charge in [-0.15, -0.1) is 21.5 Å². The van der Waals surface area contributed by atoms with Crippen molar-refractivity contribution in [1.82, 2.24) is 15.2 Å². The van der Waals surface area contributed by atoms with Crippen LogP contribution in [0.15, 0.2) is 5.51 Å². The number of nitrogens with two attached hydrogens (primary N) is 1. The van der Waals surface area contributed by atoms with Crippen LogP contribution < -0.4 is 5.73 Å². The van der Waals surface area contributed by atoms with Gasteiger partial charge in [0.05, 0.1) is 16.1 Å². The number of hydrogen-bond acceptors (Lipinski definition) is 6. The highest BCUT2D eigenvalue weighted by Gasteiger charge is 2.29. The predicted octanol–water partition coefficient (Wildman–Crippen LogP) is 2.12. The summed E-state index contributed by atoms with van der Waals surface area (Å²) in [5, 5.41) is 9.29. The maximum Gasteiger partial charge on any atom is 0.203 e. The summed E-state index contributed by atoms with van der Waals surface area (Å²) in [6.07, 6.45) is 2.51. The number of hydrogen-bond donors (Lipinski definition) is 1. The van der Waals surface area contributed by atoms with Crippen LogP contribution >= 0.6 is 22.7 Å². The Bertz CT molecular complexity index is 457. The summed E-state index contributed by atoms with van der Waals surface area (Å²) < 4.78 is 0. The maximum absolute atomic E-state index is 5.56. The van der Waals surface area contributed by atoms with Crippen molar-refractivity contribution in [3.8, 4) is 9.88 Å². The van der Waals surface area contributed by atoms with Crippen LogP contribution in [-0.2, 0) is 0 Å². The summed E-state index contributed by atoms with van der Waals surface area (Å²) in [6, 6.07) is 0. The van der Waals surface area contributed by atoms with E-state index in [1.165, 1.54) is 29.9 Å². The zero-order chi connectivity index (χ0) is 9.54. The molecule has 2 aromatic heterocycles. The number of nitrogens with zero attached hydrogens (tertiary/aromatic N) is 3. The molecule has 1 aliphatic rings. The Morgan fingerprint density at radius 2 is 2.21 bits per heavy atom. The second-order valence-electron chi connectivity index (χ2n) is 3.29. The third-order valence-corrected chi connectivity index (χ3v) is 3.94. The molecular formula is C8H8N4S2. The Balaban J connectivity index is 2.06. The second-order valence-corrected chi connectivity index (χ2v) is 5.15. The van der Waals surface area contributed by atoms with Gasteiger partial charge in [0.25, 0.3) is 0 Å². The highest BCUT2D eigenvalue weighted by Crippen LogP contribution is 2.45. The van der Waals surface area contributed by atoms with Gasteiger partial charge in [0.15, 0.2) is 5.01 Å². The fourth-order valence-electron chi connectivity index (χ4n) is 1.39. The summed E-state index contributed by atoms with van der Waals surface area (Å²) in [5.74, 6) is 0.654. The van der Waals surface area contributed by atoms with Crippen molar-refractivity contribution in [3.05, 3.63) is 11.2 Å². The summed E-state index contributed by atoms with van der Waals surface area (Å²) >= 11 is 3.06. The Morgan fingerprint density at radius 3 is 2.86 bits per heavy atom. The molecule has 0 bridgehead atoms. The van der Waals surface area contributed by atoms with E-state index in [-0.39, 0.29) is 0 Å². The van der Waals surface area contributed by atoms with Crippen molar-refractivity contribution in [1.29, 1.82) is 0 Å². The van der Waals surface area contributed by atoms with Crippen molar-refractivity contribution in [2.24, 2.45) is 0 Å². The highest BCUT2D eigenvalue weighted by molar-refractivity contribution is 7.22. The first kappa shape index (κ1) is 8.31. The quantitative estimate of drug-likeness (QED) is 0.848. The van der Waals surface area contributed by atoms with Gasteiger partial charge in [0, 0.05) is 5.92 Å². The largest absolute Gasteiger partial charge is 0.374 e. The lowest BCUT2D eigenvalue weighted by Crippen LogP contribution is -1.82. The first-order chi connectivity index (χ1) is 6.84. The maximum atomic E-state index is 5.56. The minimum Gasteiger partial charge on any atom is -0.374 e. The lowest BCUT2D eigenvalue weighted by molar-refractivity contribution is 1.04. The Kier molecular flexibility index (Phi) is 1.78. The SMILES string of the molecule is Nc1nnc(-c2scnc2C2CC2)s1. The molecule has 0 aliphatic heterocycles. The van der Waals surface area contributed by atoms with Gasteiger partial charge in [-0.25, -0.2) is 4.98 Å². The van der Waals surface area contributed by atoms with E-state index >= 15 is 0 Å². The van der Waals surface area contributed by atoms with Gasteiger partial charge >= 0.3 is 0 Å². The molecule has 0 aromatic carbocycles. The average molecular weight is 224 g/mol. The molecule has 14 heavy (non-hydrogen) atoms. The van der Waals surface area contributed by atoms with Crippen molar-refractivity contribution in [2.45, 2.75) is 18.8 Å². The average Bonchev–Trinajstić information content (AvgIpc) is 2.75. The minimum absolute atomic E-state index is 0.523. The molecule has 3 rings (SSSR count). The lowest BCUT2D eigenvalue weighted by Gasteiger charge is -1.93. The Labute approximate surface area is 88.8 Å². The fourth-order valence-corrected chi connectivity index (χ4v) is 2.97. The molecule has 1 fully saturated rings. The fraction of sp³-hybridized carbons (Fsp3) is 0.375. The van der Waals surface area contributed by atoms with Crippen molar-refractivity contribution >= 4 is 27.8 Å². The van der Waals surface area contributed by atoms with Crippen molar-refractivity contribution in [2.75, 3.05) is 5.73 Å². The number of aromatic nitrogens is 3. The minimum atomic E-state index is 0.523. The van der Waals surface area contributed by atoms with Crippen LogP contribution in [0.5, 0.6) is 0 Å². The summed E-state index contributed by atoms with van der Waals surface area (Å²) in [4.78, 5) is 5.53. The first-order valence-electron chi connectivity index (χ1n) is 4.37. The third-order valence-electron chi connectivity index (χ3n) is 2.19. The molecular weight excluding hydrogens is 216 g/mol. The van der Waals surface area contributed by atoms with Crippen LogP contribution in [0, 0.1) is 0 Å². The predicted molar refractivity (Wildman–Crippen MR) is 57.4 cm³/mol. The van der Waals surface area contributed by atoms with Gasteiger partial charge in [-0.05, 0) is 12.8 Å². The van der Waals surface area contributed by atoms with Crippen LogP contribution in [0.2, 0.25) is 0 Å². The number of nitrogen functional groups attached to an aromatic ring is 1. The molecule has 72 valence electrons. The van der Waals surface area contributed by atoms with E-state index in [1.54, 1.807) is 11.3 Å². The smallest absolute Gasteiger partial charge is 0.203 e. The van der Waals surface area contributed by atoms with Gasteiger partial charge < -0.3 is 5.73 Å². The Morgan fingerprint density at radius 1 is 1.36 bits per heavy atom. The second kappa shape index (κ2) is 2.99. The molecule has 0 amide bonds. The van der Waals surface area contributed by atoms with Crippen LogP contribution in [0.4, 0.5) is 5.13 Å². The van der Waals surface area contributed by atoms with Gasteiger partial charge in [-0.2, -0.15) is 0 Å². The van der Waals surface area contributed by atoms with E-state index in [0.29, 0.717) is 11.0 Å². The van der Waals surface area contributed by atoms with Gasteiger partial charge in [0.2, 0.25) is 5.13 Å². The molecule has 2 heterocycles. The number of thiazole rings is 1. The zero-order valence-corrected chi connectivity index (χ0v) is 8.94. The highest BCUT2D eigenvalue weighted by atomic mass is 32.1. The van der Waals surface area contributed by atoms with Gasteiger partial charge in [-0.1, -0.05) is 11.3 Å². The third kappa shape index (κ3) is 1.31. The van der Waals surface area contributed by atoms with E-state index in [4.69, 9.17) is 5.73 Å². The summed E-state index contributed by atoms with van der Waals surface area (Å²) in [6.45, 7) is 0. The molecule has 0 unspecified atom stereocenters. The lowest BCUT2D eigenvalue weighted by atomic mass is 10.2. The first-order valence-corrected chi connectivity index (χ1v) is 6.07. The molecule has 4 nitrogen and oxygen atoms in total. The topological polar surface area (TPSA) is 64.7 Å². The van der Waals surface area contributed by atoms with Crippen molar-refractivity contribution in [3.63, 3.8) is 0 Å². The normalized spacial score (nSPS) is 16.0. The van der Waals surface area contributed by atoms with Crippen molar-refractivity contribution < 1.29 is 0 Å². The zero-order valence-electron chi connectivity index (χ0n) is 7.30. The number of anilines is 1. The van der Waals surface area contributed by atoms with Gasteiger partial charge in [-0.3, -0.25) is 0 Å². The molecule has 1 saturated carbocycles. The number of rotatable bonds is 2. The standard InChI is InChI=1S/C8H8N4S2/c9-8-12-11-7(14-8)6-5(4-1-2-4)10-3-13-6/h3-4H,1-2H2,(H2,9,12). The van der Waals surface area contributed by atoms with E-state index < -0.39 is 0 Å². The molecule has 0 spiro atoms. The molecule has 0 saturated heterocycles.